The minimum Gasteiger partial charge on any atom is -0.290 e. The van der Waals surface area contributed by atoms with Gasteiger partial charge in [-0.05, 0) is 5.56 Å². The summed E-state index contributed by atoms with van der Waals surface area (Å²) in [6.07, 6.45) is -0.424. The van der Waals surface area contributed by atoms with Crippen molar-refractivity contribution in [1.29, 1.82) is 0 Å². The smallest absolute Gasteiger partial charge is 0.290 e. The molecular weight excluding hydrogens is 255 g/mol. The fourth-order valence-electron chi connectivity index (χ4n) is 1.80. The molecule has 0 fully saturated rings. The standard InChI is InChI=1S/C13H8F3N3/c14-13(15,16)11-8-19-7-10(6-17-12(19)18-11)9-4-2-1-3-5-9/h1-8H. The number of hydrogen-bond acceptors (Lipinski definition) is 2. The Morgan fingerprint density at radius 1 is 0.947 bits per heavy atom. The zero-order valence-electron chi connectivity index (χ0n) is 9.59. The molecule has 0 spiro atoms. The number of nitrogens with zero attached hydrogens (tertiary/aromatic N) is 3. The molecule has 0 N–H and O–H groups in total. The molecule has 19 heavy (non-hydrogen) atoms. The van der Waals surface area contributed by atoms with Crippen LogP contribution in [0.25, 0.3) is 16.9 Å². The van der Waals surface area contributed by atoms with E-state index in [0.29, 0.717) is 0 Å². The third kappa shape index (κ3) is 2.16. The maximum atomic E-state index is 12.5. The first kappa shape index (κ1) is 11.7. The van der Waals surface area contributed by atoms with Crippen molar-refractivity contribution in [2.24, 2.45) is 0 Å². The molecule has 3 aromatic rings. The van der Waals surface area contributed by atoms with Crippen molar-refractivity contribution < 1.29 is 13.2 Å². The summed E-state index contributed by atoms with van der Waals surface area (Å²) < 4.78 is 38.9. The van der Waals surface area contributed by atoms with Gasteiger partial charge in [-0.3, -0.25) is 4.40 Å². The van der Waals surface area contributed by atoms with E-state index < -0.39 is 11.9 Å². The fourth-order valence-corrected chi connectivity index (χ4v) is 1.80. The lowest BCUT2D eigenvalue weighted by atomic mass is 10.1. The molecule has 0 atom stereocenters. The third-order valence-electron chi connectivity index (χ3n) is 2.71. The second-order valence-corrected chi connectivity index (χ2v) is 4.04. The highest BCUT2D eigenvalue weighted by molar-refractivity contribution is 5.62. The van der Waals surface area contributed by atoms with Crippen LogP contribution in [-0.4, -0.2) is 14.4 Å². The predicted octanol–water partition coefficient (Wildman–Crippen LogP) is 3.42. The second-order valence-electron chi connectivity index (χ2n) is 4.04. The van der Waals surface area contributed by atoms with E-state index in [-0.39, 0.29) is 5.78 Å². The number of imidazole rings is 1. The van der Waals surface area contributed by atoms with Crippen molar-refractivity contribution in [2.45, 2.75) is 6.18 Å². The molecule has 0 aliphatic carbocycles. The number of hydrogen-bond donors (Lipinski definition) is 0. The molecule has 0 unspecified atom stereocenters. The van der Waals surface area contributed by atoms with Gasteiger partial charge in [0, 0.05) is 24.2 Å². The number of benzene rings is 1. The zero-order chi connectivity index (χ0) is 13.5. The van der Waals surface area contributed by atoms with Gasteiger partial charge in [-0.1, -0.05) is 30.3 Å². The Morgan fingerprint density at radius 2 is 1.68 bits per heavy atom. The summed E-state index contributed by atoms with van der Waals surface area (Å²) in [6, 6.07) is 9.31. The topological polar surface area (TPSA) is 30.2 Å². The van der Waals surface area contributed by atoms with E-state index in [1.165, 1.54) is 10.6 Å². The maximum absolute atomic E-state index is 12.5. The molecule has 2 aromatic heterocycles. The molecule has 1 aromatic carbocycles. The first-order chi connectivity index (χ1) is 9.04. The van der Waals surface area contributed by atoms with E-state index in [9.17, 15) is 13.2 Å². The number of halogens is 3. The van der Waals surface area contributed by atoms with Gasteiger partial charge in [-0.25, -0.2) is 9.97 Å². The van der Waals surface area contributed by atoms with Gasteiger partial charge in [-0.2, -0.15) is 13.2 Å². The Hall–Kier alpha value is -2.37. The summed E-state index contributed by atoms with van der Waals surface area (Å²) in [5.41, 5.74) is 0.684. The van der Waals surface area contributed by atoms with Gasteiger partial charge >= 0.3 is 6.18 Å². The van der Waals surface area contributed by atoms with Gasteiger partial charge in [0.05, 0.1) is 0 Å². The zero-order valence-corrected chi connectivity index (χ0v) is 9.59. The lowest BCUT2D eigenvalue weighted by molar-refractivity contribution is -0.140. The van der Waals surface area contributed by atoms with Crippen LogP contribution < -0.4 is 0 Å². The third-order valence-corrected chi connectivity index (χ3v) is 2.71. The first-order valence-electron chi connectivity index (χ1n) is 5.51. The van der Waals surface area contributed by atoms with Crippen molar-refractivity contribution in [3.63, 3.8) is 0 Å². The highest BCUT2D eigenvalue weighted by Crippen LogP contribution is 2.28. The SMILES string of the molecule is FC(F)(F)c1cn2cc(-c3ccccc3)cnc2n1. The summed E-state index contributed by atoms with van der Waals surface area (Å²) in [6.45, 7) is 0. The molecule has 96 valence electrons. The van der Waals surface area contributed by atoms with Crippen LogP contribution in [0.15, 0.2) is 48.9 Å². The number of alkyl halides is 3. The molecule has 0 aliphatic rings. The van der Waals surface area contributed by atoms with Gasteiger partial charge in [0.25, 0.3) is 0 Å². The average Bonchev–Trinajstić information content (AvgIpc) is 2.82. The highest BCUT2D eigenvalue weighted by Gasteiger charge is 2.34. The lowest BCUT2D eigenvalue weighted by Crippen LogP contribution is -2.04. The summed E-state index contributed by atoms with van der Waals surface area (Å²) in [5.74, 6) is 0.0343. The largest absolute Gasteiger partial charge is 0.434 e. The van der Waals surface area contributed by atoms with E-state index in [4.69, 9.17) is 0 Å². The Balaban J connectivity index is 2.11. The van der Waals surface area contributed by atoms with Gasteiger partial charge in [0.15, 0.2) is 5.69 Å². The predicted molar refractivity (Wildman–Crippen MR) is 63.4 cm³/mol. The van der Waals surface area contributed by atoms with Crippen LogP contribution in [0.3, 0.4) is 0 Å². The van der Waals surface area contributed by atoms with Gasteiger partial charge in [0.1, 0.15) is 0 Å². The van der Waals surface area contributed by atoms with Crippen LogP contribution in [0, 0.1) is 0 Å². The van der Waals surface area contributed by atoms with E-state index >= 15 is 0 Å². The number of rotatable bonds is 1. The summed E-state index contributed by atoms with van der Waals surface area (Å²) in [4.78, 5) is 7.39. The van der Waals surface area contributed by atoms with E-state index in [1.807, 2.05) is 30.3 Å². The van der Waals surface area contributed by atoms with Crippen molar-refractivity contribution in [1.82, 2.24) is 14.4 Å². The van der Waals surface area contributed by atoms with E-state index in [2.05, 4.69) is 9.97 Å². The molecule has 2 heterocycles. The summed E-state index contributed by atoms with van der Waals surface area (Å²) in [5, 5.41) is 0. The molecule has 3 nitrogen and oxygen atoms in total. The fraction of sp³-hybridized carbons (Fsp3) is 0.0769. The Kier molecular flexibility index (Phi) is 2.51. The molecule has 0 aliphatic heterocycles. The van der Waals surface area contributed by atoms with Crippen LogP contribution in [0.5, 0.6) is 0 Å². The van der Waals surface area contributed by atoms with Crippen LogP contribution >= 0.6 is 0 Å². The Morgan fingerprint density at radius 3 is 2.37 bits per heavy atom. The van der Waals surface area contributed by atoms with Gasteiger partial charge in [-0.15, -0.1) is 0 Å². The highest BCUT2D eigenvalue weighted by atomic mass is 19.4. The molecule has 0 saturated heterocycles. The quantitative estimate of drug-likeness (QED) is 0.673. The summed E-state index contributed by atoms with van der Waals surface area (Å²) in [7, 11) is 0. The molecule has 0 amide bonds. The van der Waals surface area contributed by atoms with Crippen molar-refractivity contribution >= 4 is 5.78 Å². The van der Waals surface area contributed by atoms with Crippen LogP contribution in [0.1, 0.15) is 5.69 Å². The molecular formula is C13H8F3N3. The molecule has 3 rings (SSSR count). The van der Waals surface area contributed by atoms with Crippen LogP contribution in [0.4, 0.5) is 13.2 Å². The Labute approximate surface area is 106 Å². The minimum absolute atomic E-state index is 0.0343. The van der Waals surface area contributed by atoms with E-state index in [0.717, 1.165) is 17.3 Å². The number of aromatic nitrogens is 3. The average molecular weight is 263 g/mol. The monoisotopic (exact) mass is 263 g/mol. The maximum Gasteiger partial charge on any atom is 0.434 e. The van der Waals surface area contributed by atoms with Crippen LogP contribution in [0.2, 0.25) is 0 Å². The van der Waals surface area contributed by atoms with Crippen molar-refractivity contribution in [3.8, 4) is 11.1 Å². The normalized spacial score (nSPS) is 11.9. The molecule has 0 bridgehead atoms. The van der Waals surface area contributed by atoms with Crippen LogP contribution in [-0.2, 0) is 6.18 Å². The second kappa shape index (κ2) is 4.08. The van der Waals surface area contributed by atoms with Gasteiger partial charge in [0.2, 0.25) is 5.78 Å². The number of fused-ring (bicyclic) bond motifs is 1. The lowest BCUT2D eigenvalue weighted by Gasteiger charge is -2.01. The van der Waals surface area contributed by atoms with Crippen molar-refractivity contribution in [2.75, 3.05) is 0 Å². The minimum atomic E-state index is -4.46. The van der Waals surface area contributed by atoms with Gasteiger partial charge < -0.3 is 0 Å². The van der Waals surface area contributed by atoms with E-state index in [1.54, 1.807) is 6.20 Å². The summed E-state index contributed by atoms with van der Waals surface area (Å²) >= 11 is 0. The molecule has 0 saturated carbocycles. The molecule has 6 heteroatoms. The Bertz CT molecular complexity index is 717. The van der Waals surface area contributed by atoms with Crippen molar-refractivity contribution in [3.05, 3.63) is 54.6 Å². The molecule has 0 radical (unpaired) electrons. The first-order valence-corrected chi connectivity index (χ1v) is 5.51.